The van der Waals surface area contributed by atoms with Gasteiger partial charge in [0, 0.05) is 21.9 Å². The van der Waals surface area contributed by atoms with Crippen LogP contribution in [-0.2, 0) is 0 Å². The molecule has 0 aromatic heterocycles. The Morgan fingerprint density at radius 1 is 0.400 bits per heavy atom. The third-order valence-corrected chi connectivity index (χ3v) is 8.98. The topological polar surface area (TPSA) is 9.23 Å². The fraction of sp³-hybridized carbons (Fsp3) is 0. The minimum atomic E-state index is -2.65. The summed E-state index contributed by atoms with van der Waals surface area (Å²) in [6, 6.07) is 25.4. The van der Waals surface area contributed by atoms with Crippen LogP contribution in [0.25, 0.3) is 43.8 Å². The standard InChI is InChI=1S/C38H15BF10O/c40-29-27(30(41)34(45)37(48)33(29)44)39(28-31(42)35(46)38(49)36(47)32(28)43)19-12-10-16(11-13-19)17-8-9-18-15-23-20-4-1-2-6-24(20)50-25-7-3-5-21(26(23)25)22(18)14-17/h1-15H. The molecule has 0 amide bonds. The van der Waals surface area contributed by atoms with E-state index in [-0.39, 0.29) is 0 Å². The molecule has 12 heteroatoms. The van der Waals surface area contributed by atoms with E-state index in [1.807, 2.05) is 60.7 Å². The Balaban J connectivity index is 1.30. The van der Waals surface area contributed by atoms with Gasteiger partial charge < -0.3 is 4.74 Å². The quantitative estimate of drug-likeness (QED) is 0.0589. The first-order valence-electron chi connectivity index (χ1n) is 14.9. The lowest BCUT2D eigenvalue weighted by Gasteiger charge is -2.22. The number of fused-ring (bicyclic) bond motifs is 4. The van der Waals surface area contributed by atoms with Crippen molar-refractivity contribution in [1.29, 1.82) is 0 Å². The van der Waals surface area contributed by atoms with E-state index in [4.69, 9.17) is 4.74 Å². The van der Waals surface area contributed by atoms with Gasteiger partial charge in [0.1, 0.15) is 11.5 Å². The Labute approximate surface area is 276 Å². The number of ether oxygens (including phenoxy) is 1. The Hall–Kier alpha value is -5.78. The zero-order chi connectivity index (χ0) is 35.2. The molecule has 50 heavy (non-hydrogen) atoms. The van der Waals surface area contributed by atoms with Crippen LogP contribution in [0.4, 0.5) is 43.9 Å². The number of hydrogen-bond donors (Lipinski definition) is 0. The van der Waals surface area contributed by atoms with Crippen LogP contribution >= 0.6 is 0 Å². The molecule has 8 rings (SSSR count). The minimum Gasteiger partial charge on any atom is -0.456 e. The van der Waals surface area contributed by atoms with Gasteiger partial charge in [0.15, 0.2) is 58.2 Å². The molecule has 1 nitrogen and oxygen atoms in total. The maximum atomic E-state index is 15.1. The van der Waals surface area contributed by atoms with Gasteiger partial charge in [-0.05, 0) is 57.1 Å². The summed E-state index contributed by atoms with van der Waals surface area (Å²) in [5.41, 5.74) is -1.22. The molecule has 0 unspecified atom stereocenters. The number of rotatable bonds is 4. The van der Waals surface area contributed by atoms with Crippen LogP contribution in [0.15, 0.2) is 91.0 Å². The van der Waals surface area contributed by atoms with Gasteiger partial charge in [-0.1, -0.05) is 72.2 Å². The first-order valence-corrected chi connectivity index (χ1v) is 14.9. The second-order valence-electron chi connectivity index (χ2n) is 11.7. The molecule has 0 bridgehead atoms. The van der Waals surface area contributed by atoms with Gasteiger partial charge >= 0.3 is 0 Å². The van der Waals surface area contributed by atoms with Crippen molar-refractivity contribution in [2.24, 2.45) is 0 Å². The number of halogens is 10. The Morgan fingerprint density at radius 2 is 0.920 bits per heavy atom. The molecule has 1 aliphatic heterocycles. The molecule has 7 aromatic rings. The summed E-state index contributed by atoms with van der Waals surface area (Å²) in [4.78, 5) is 0. The number of benzene rings is 7. The Kier molecular flexibility index (Phi) is 7.18. The lowest BCUT2D eigenvalue weighted by atomic mass is 9.36. The molecular formula is C38H15BF10O. The van der Waals surface area contributed by atoms with Crippen LogP contribution in [0, 0.1) is 58.2 Å². The van der Waals surface area contributed by atoms with Crippen LogP contribution in [0.1, 0.15) is 0 Å². The molecule has 0 N–H and O–H groups in total. The SMILES string of the molecule is Fc1c(F)c(F)c(B(c2ccc(-c3ccc4cc5c6c(cccc6c4c3)Oc3ccccc3-5)cc2)c2c(F)c(F)c(F)c(F)c2F)c(F)c1F. The third-order valence-electron chi connectivity index (χ3n) is 8.98. The molecule has 1 aliphatic rings. The van der Waals surface area contributed by atoms with E-state index in [0.717, 1.165) is 44.8 Å². The summed E-state index contributed by atoms with van der Waals surface area (Å²) in [5.74, 6) is -23.6. The summed E-state index contributed by atoms with van der Waals surface area (Å²) in [6.07, 6.45) is 0. The summed E-state index contributed by atoms with van der Waals surface area (Å²) in [7, 11) is 0. The van der Waals surface area contributed by atoms with E-state index in [2.05, 4.69) is 0 Å². The highest BCUT2D eigenvalue weighted by Gasteiger charge is 2.40. The van der Waals surface area contributed by atoms with Crippen molar-refractivity contribution < 1.29 is 48.6 Å². The second kappa shape index (κ2) is 11.4. The van der Waals surface area contributed by atoms with Gasteiger partial charge in [-0.25, -0.2) is 43.9 Å². The first-order chi connectivity index (χ1) is 24.0. The zero-order valence-electron chi connectivity index (χ0n) is 24.9. The maximum absolute atomic E-state index is 15.1. The molecule has 246 valence electrons. The minimum absolute atomic E-state index is 0.436. The van der Waals surface area contributed by atoms with Crippen molar-refractivity contribution in [3.63, 3.8) is 0 Å². The van der Waals surface area contributed by atoms with Crippen molar-refractivity contribution in [3.05, 3.63) is 149 Å². The maximum Gasteiger partial charge on any atom is 0.257 e. The van der Waals surface area contributed by atoms with E-state index in [9.17, 15) is 26.3 Å². The fourth-order valence-electron chi connectivity index (χ4n) is 6.65. The van der Waals surface area contributed by atoms with Crippen molar-refractivity contribution in [3.8, 4) is 33.8 Å². The largest absolute Gasteiger partial charge is 0.456 e. The average molecular weight is 688 g/mol. The van der Waals surface area contributed by atoms with Crippen LogP contribution in [0.5, 0.6) is 11.5 Å². The molecule has 0 saturated heterocycles. The van der Waals surface area contributed by atoms with Gasteiger partial charge in [0.2, 0.25) is 0 Å². The normalized spacial score (nSPS) is 12.0. The third kappa shape index (κ3) is 4.50. The van der Waals surface area contributed by atoms with E-state index in [1.54, 1.807) is 6.07 Å². The highest BCUT2D eigenvalue weighted by atomic mass is 19.2. The van der Waals surface area contributed by atoms with Crippen molar-refractivity contribution in [2.75, 3.05) is 0 Å². The number of para-hydroxylation sites is 1. The first kappa shape index (κ1) is 31.5. The molecule has 7 aromatic carbocycles. The van der Waals surface area contributed by atoms with Crippen molar-refractivity contribution in [1.82, 2.24) is 0 Å². The predicted octanol–water partition coefficient (Wildman–Crippen LogP) is 9.34. The average Bonchev–Trinajstić information content (AvgIpc) is 3.14. The van der Waals surface area contributed by atoms with Gasteiger partial charge in [-0.3, -0.25) is 0 Å². The summed E-state index contributed by atoms with van der Waals surface area (Å²) < 4.78 is 152. The van der Waals surface area contributed by atoms with Gasteiger partial charge in [-0.15, -0.1) is 0 Å². The highest BCUT2D eigenvalue weighted by Crippen LogP contribution is 2.48. The van der Waals surface area contributed by atoms with E-state index in [0.29, 0.717) is 22.6 Å². The fourth-order valence-corrected chi connectivity index (χ4v) is 6.65. The van der Waals surface area contributed by atoms with E-state index < -0.39 is 81.3 Å². The van der Waals surface area contributed by atoms with Crippen LogP contribution in [0.3, 0.4) is 0 Å². The lowest BCUT2D eigenvalue weighted by Crippen LogP contribution is -2.58. The van der Waals surface area contributed by atoms with E-state index in [1.165, 1.54) is 12.1 Å². The lowest BCUT2D eigenvalue weighted by molar-refractivity contribution is 0.382. The second-order valence-corrected chi connectivity index (χ2v) is 11.7. The predicted molar refractivity (Wildman–Crippen MR) is 170 cm³/mol. The van der Waals surface area contributed by atoms with Crippen molar-refractivity contribution >= 4 is 44.6 Å². The monoisotopic (exact) mass is 688 g/mol. The zero-order valence-corrected chi connectivity index (χ0v) is 24.9. The van der Waals surface area contributed by atoms with Gasteiger partial charge in [-0.2, -0.15) is 0 Å². The van der Waals surface area contributed by atoms with Gasteiger partial charge in [0.05, 0.1) is 0 Å². The Morgan fingerprint density at radius 3 is 1.52 bits per heavy atom. The van der Waals surface area contributed by atoms with Crippen molar-refractivity contribution in [2.45, 2.75) is 0 Å². The molecule has 0 fully saturated rings. The van der Waals surface area contributed by atoms with Crippen LogP contribution < -0.4 is 21.1 Å². The molecule has 0 atom stereocenters. The highest BCUT2D eigenvalue weighted by molar-refractivity contribution is 6.95. The summed E-state index contributed by atoms with van der Waals surface area (Å²) >= 11 is 0. The van der Waals surface area contributed by atoms with Crippen LogP contribution in [0.2, 0.25) is 0 Å². The van der Waals surface area contributed by atoms with E-state index >= 15 is 17.6 Å². The molecule has 0 saturated carbocycles. The molecule has 0 aliphatic carbocycles. The molecule has 0 radical (unpaired) electrons. The van der Waals surface area contributed by atoms with Crippen LogP contribution in [-0.4, -0.2) is 6.71 Å². The molecule has 0 spiro atoms. The summed E-state index contributed by atoms with van der Waals surface area (Å²) in [5, 5.41) is 3.43. The van der Waals surface area contributed by atoms with Gasteiger partial charge in [0.25, 0.3) is 6.71 Å². The summed E-state index contributed by atoms with van der Waals surface area (Å²) in [6.45, 7) is -2.65. The molecular weight excluding hydrogens is 673 g/mol. The number of hydrogen-bond acceptors (Lipinski definition) is 1. The smallest absolute Gasteiger partial charge is 0.257 e. The Bertz CT molecular complexity index is 2460. The molecule has 1 heterocycles.